The van der Waals surface area contributed by atoms with Gasteiger partial charge in [0, 0.05) is 19.7 Å². The molecule has 0 aliphatic carbocycles. The summed E-state index contributed by atoms with van der Waals surface area (Å²) >= 11 is 1.31. The van der Waals surface area contributed by atoms with Crippen molar-refractivity contribution in [1.82, 2.24) is 14.5 Å². The topological polar surface area (TPSA) is 92.3 Å². The standard InChI is InChI=1S/C13H16N4O3S2/c1-4-11-15-16-13(21-11)14-12(18)9-5-7-10(8-6-9)22(19,20)17(2)3/h5-8H,4H2,1-3H3,(H,14,16,18). The summed E-state index contributed by atoms with van der Waals surface area (Å²) in [6.07, 6.45) is 0.755. The fourth-order valence-electron chi connectivity index (χ4n) is 1.61. The third-order valence-electron chi connectivity index (χ3n) is 2.88. The molecule has 2 aromatic rings. The first-order valence-corrected chi connectivity index (χ1v) is 8.76. The highest BCUT2D eigenvalue weighted by Gasteiger charge is 2.17. The lowest BCUT2D eigenvalue weighted by Crippen LogP contribution is -2.22. The molecule has 1 aromatic carbocycles. The molecule has 0 spiro atoms. The Balaban J connectivity index is 2.15. The van der Waals surface area contributed by atoms with Crippen LogP contribution >= 0.6 is 11.3 Å². The molecule has 9 heteroatoms. The van der Waals surface area contributed by atoms with E-state index in [-0.39, 0.29) is 10.8 Å². The molecular weight excluding hydrogens is 324 g/mol. The summed E-state index contributed by atoms with van der Waals surface area (Å²) in [6.45, 7) is 1.95. The van der Waals surface area contributed by atoms with Gasteiger partial charge < -0.3 is 0 Å². The Labute approximate surface area is 133 Å². The Kier molecular flexibility index (Phi) is 4.89. The van der Waals surface area contributed by atoms with Crippen molar-refractivity contribution in [2.45, 2.75) is 18.2 Å². The van der Waals surface area contributed by atoms with Crippen LogP contribution in [0.15, 0.2) is 29.2 Å². The van der Waals surface area contributed by atoms with Gasteiger partial charge >= 0.3 is 0 Å². The van der Waals surface area contributed by atoms with E-state index in [9.17, 15) is 13.2 Å². The van der Waals surface area contributed by atoms with Crippen LogP contribution in [-0.4, -0.2) is 42.9 Å². The monoisotopic (exact) mass is 340 g/mol. The number of sulfonamides is 1. The fraction of sp³-hybridized carbons (Fsp3) is 0.308. The zero-order valence-corrected chi connectivity index (χ0v) is 14.0. The van der Waals surface area contributed by atoms with Crippen LogP contribution in [0.25, 0.3) is 0 Å². The van der Waals surface area contributed by atoms with Crippen molar-refractivity contribution in [3.05, 3.63) is 34.8 Å². The highest BCUT2D eigenvalue weighted by molar-refractivity contribution is 7.89. The van der Waals surface area contributed by atoms with Crippen molar-refractivity contribution >= 4 is 32.4 Å². The van der Waals surface area contributed by atoms with Gasteiger partial charge in [0.05, 0.1) is 4.90 Å². The molecule has 0 saturated heterocycles. The van der Waals surface area contributed by atoms with Gasteiger partial charge in [-0.2, -0.15) is 0 Å². The smallest absolute Gasteiger partial charge is 0.257 e. The molecule has 0 fully saturated rings. The Morgan fingerprint density at radius 3 is 2.36 bits per heavy atom. The second kappa shape index (κ2) is 6.51. The lowest BCUT2D eigenvalue weighted by atomic mass is 10.2. The van der Waals surface area contributed by atoms with E-state index in [2.05, 4.69) is 15.5 Å². The van der Waals surface area contributed by atoms with Crippen molar-refractivity contribution in [2.24, 2.45) is 0 Å². The number of carbonyl (C=O) groups is 1. The normalized spacial score (nSPS) is 11.6. The zero-order chi connectivity index (χ0) is 16.3. The minimum Gasteiger partial charge on any atom is -0.296 e. The van der Waals surface area contributed by atoms with Gasteiger partial charge in [0.1, 0.15) is 5.01 Å². The Morgan fingerprint density at radius 2 is 1.86 bits per heavy atom. The van der Waals surface area contributed by atoms with E-state index in [0.717, 1.165) is 15.7 Å². The van der Waals surface area contributed by atoms with Crippen molar-refractivity contribution < 1.29 is 13.2 Å². The molecule has 0 atom stereocenters. The first-order valence-electron chi connectivity index (χ1n) is 6.51. The fourth-order valence-corrected chi connectivity index (χ4v) is 3.18. The number of rotatable bonds is 5. The maximum absolute atomic E-state index is 12.1. The molecule has 1 N–H and O–H groups in total. The van der Waals surface area contributed by atoms with E-state index in [4.69, 9.17) is 0 Å². The molecule has 2 rings (SSSR count). The van der Waals surface area contributed by atoms with Gasteiger partial charge in [-0.05, 0) is 30.7 Å². The van der Waals surface area contributed by atoms with Crippen LogP contribution in [0.2, 0.25) is 0 Å². The Hall–Kier alpha value is -1.84. The van der Waals surface area contributed by atoms with Crippen molar-refractivity contribution in [3.8, 4) is 0 Å². The molecule has 0 aliphatic rings. The molecule has 0 saturated carbocycles. The van der Waals surface area contributed by atoms with E-state index >= 15 is 0 Å². The molecule has 0 bridgehead atoms. The van der Waals surface area contributed by atoms with Gasteiger partial charge in [-0.1, -0.05) is 18.3 Å². The maximum atomic E-state index is 12.1. The number of amides is 1. The second-order valence-corrected chi connectivity index (χ2v) is 7.83. The highest BCUT2D eigenvalue weighted by atomic mass is 32.2. The molecule has 1 aromatic heterocycles. The Morgan fingerprint density at radius 1 is 1.23 bits per heavy atom. The number of carbonyl (C=O) groups excluding carboxylic acids is 1. The number of aromatic nitrogens is 2. The molecule has 7 nitrogen and oxygen atoms in total. The second-order valence-electron chi connectivity index (χ2n) is 4.62. The average molecular weight is 340 g/mol. The van der Waals surface area contributed by atoms with Crippen LogP contribution in [-0.2, 0) is 16.4 Å². The number of benzene rings is 1. The third kappa shape index (κ3) is 3.49. The minimum atomic E-state index is -3.50. The molecule has 0 unspecified atom stereocenters. The van der Waals surface area contributed by atoms with E-state index in [0.29, 0.717) is 10.7 Å². The Bertz CT molecular complexity index is 767. The highest BCUT2D eigenvalue weighted by Crippen LogP contribution is 2.18. The first kappa shape index (κ1) is 16.5. The zero-order valence-electron chi connectivity index (χ0n) is 12.4. The number of nitrogens with zero attached hydrogens (tertiary/aromatic N) is 3. The summed E-state index contributed by atoms with van der Waals surface area (Å²) in [6, 6.07) is 5.74. The summed E-state index contributed by atoms with van der Waals surface area (Å²) in [5.41, 5.74) is 0.353. The van der Waals surface area contributed by atoms with Gasteiger partial charge in [-0.25, -0.2) is 12.7 Å². The number of hydrogen-bond acceptors (Lipinski definition) is 6. The number of nitrogens with one attached hydrogen (secondary N) is 1. The van der Waals surface area contributed by atoms with Crippen LogP contribution in [0.1, 0.15) is 22.3 Å². The molecule has 1 heterocycles. The summed E-state index contributed by atoms with van der Waals surface area (Å²) < 4.78 is 25.0. The van der Waals surface area contributed by atoms with Crippen molar-refractivity contribution in [2.75, 3.05) is 19.4 Å². The maximum Gasteiger partial charge on any atom is 0.257 e. The van der Waals surface area contributed by atoms with Gasteiger partial charge in [0.2, 0.25) is 15.2 Å². The quantitative estimate of drug-likeness (QED) is 0.892. The van der Waals surface area contributed by atoms with Crippen LogP contribution in [0.5, 0.6) is 0 Å². The number of anilines is 1. The van der Waals surface area contributed by atoms with Gasteiger partial charge in [0.25, 0.3) is 5.91 Å². The van der Waals surface area contributed by atoms with E-state index in [1.54, 1.807) is 0 Å². The SMILES string of the molecule is CCc1nnc(NC(=O)c2ccc(S(=O)(=O)N(C)C)cc2)s1. The summed E-state index contributed by atoms with van der Waals surface area (Å²) in [5, 5.41) is 11.7. The summed E-state index contributed by atoms with van der Waals surface area (Å²) in [4.78, 5) is 12.2. The molecular formula is C13H16N4O3S2. The van der Waals surface area contributed by atoms with E-state index in [1.807, 2.05) is 6.92 Å². The van der Waals surface area contributed by atoms with Gasteiger partial charge in [-0.15, -0.1) is 10.2 Å². The minimum absolute atomic E-state index is 0.137. The lowest BCUT2D eigenvalue weighted by Gasteiger charge is -2.11. The van der Waals surface area contributed by atoms with E-state index in [1.165, 1.54) is 49.7 Å². The third-order valence-corrected chi connectivity index (χ3v) is 5.70. The van der Waals surface area contributed by atoms with Crippen LogP contribution in [0.4, 0.5) is 5.13 Å². The number of hydrogen-bond donors (Lipinski definition) is 1. The van der Waals surface area contributed by atoms with Gasteiger partial charge in [0.15, 0.2) is 0 Å². The molecule has 0 aliphatic heterocycles. The van der Waals surface area contributed by atoms with Gasteiger partial charge in [-0.3, -0.25) is 10.1 Å². The van der Waals surface area contributed by atoms with E-state index < -0.39 is 10.0 Å². The van der Waals surface area contributed by atoms with Crippen molar-refractivity contribution in [3.63, 3.8) is 0 Å². The largest absolute Gasteiger partial charge is 0.296 e. The molecule has 0 radical (unpaired) electrons. The van der Waals surface area contributed by atoms with Crippen molar-refractivity contribution in [1.29, 1.82) is 0 Å². The van der Waals surface area contributed by atoms with Crippen LogP contribution in [0, 0.1) is 0 Å². The average Bonchev–Trinajstić information content (AvgIpc) is 2.94. The van der Waals surface area contributed by atoms with Crippen LogP contribution < -0.4 is 5.32 Å². The number of aryl methyl sites for hydroxylation is 1. The molecule has 1 amide bonds. The molecule has 118 valence electrons. The first-order chi connectivity index (χ1) is 10.3. The lowest BCUT2D eigenvalue weighted by molar-refractivity contribution is 0.102. The predicted octanol–water partition coefficient (Wildman–Crippen LogP) is 1.60. The molecule has 22 heavy (non-hydrogen) atoms. The summed E-state index contributed by atoms with van der Waals surface area (Å²) in [5.74, 6) is -0.354. The van der Waals surface area contributed by atoms with Crippen LogP contribution in [0.3, 0.4) is 0 Å². The summed E-state index contributed by atoms with van der Waals surface area (Å²) in [7, 11) is -0.587. The predicted molar refractivity (Wildman–Crippen MR) is 84.6 cm³/mol.